The number of halogens is 3. The molecule has 1 aliphatic carbocycles. The average molecular weight is 291 g/mol. The summed E-state index contributed by atoms with van der Waals surface area (Å²) in [6.07, 6.45) is 1.80. The molecule has 0 bridgehead atoms. The van der Waals surface area contributed by atoms with E-state index in [2.05, 4.69) is 18.3 Å². The van der Waals surface area contributed by atoms with Gasteiger partial charge in [0.05, 0.1) is 11.7 Å². The normalized spacial score (nSPS) is 21.0. The number of nitrogens with one attached hydrogen (secondary N) is 1. The van der Waals surface area contributed by atoms with E-state index in [1.807, 2.05) is 18.2 Å². The van der Waals surface area contributed by atoms with Crippen molar-refractivity contribution in [3.05, 3.63) is 65.0 Å². The average Bonchev–Trinajstić information content (AvgIpc) is 2.50. The minimum Gasteiger partial charge on any atom is -0.376 e. The number of anilines is 1. The fraction of sp³-hybridized carbons (Fsp3) is 0.294. The van der Waals surface area contributed by atoms with Crippen LogP contribution in [0.15, 0.2) is 36.4 Å². The van der Waals surface area contributed by atoms with Crippen LogP contribution in [0, 0.1) is 17.5 Å². The Morgan fingerprint density at radius 3 is 2.38 bits per heavy atom. The van der Waals surface area contributed by atoms with Crippen molar-refractivity contribution in [2.45, 2.75) is 31.7 Å². The highest BCUT2D eigenvalue weighted by Crippen LogP contribution is 2.39. The molecule has 2 aromatic rings. The zero-order valence-electron chi connectivity index (χ0n) is 11.7. The third-order valence-electron chi connectivity index (χ3n) is 4.16. The molecule has 0 spiro atoms. The summed E-state index contributed by atoms with van der Waals surface area (Å²) < 4.78 is 40.1. The molecule has 0 aromatic heterocycles. The Hall–Kier alpha value is -1.97. The number of fused-ring (bicyclic) bond motifs is 1. The van der Waals surface area contributed by atoms with Crippen LogP contribution in [0.2, 0.25) is 0 Å². The fourth-order valence-electron chi connectivity index (χ4n) is 2.98. The maximum absolute atomic E-state index is 13.8. The molecule has 21 heavy (non-hydrogen) atoms. The Kier molecular flexibility index (Phi) is 3.62. The monoisotopic (exact) mass is 291 g/mol. The van der Waals surface area contributed by atoms with E-state index in [-0.39, 0.29) is 11.7 Å². The highest BCUT2D eigenvalue weighted by molar-refractivity contribution is 5.49. The summed E-state index contributed by atoms with van der Waals surface area (Å²) >= 11 is 0. The van der Waals surface area contributed by atoms with Crippen molar-refractivity contribution < 1.29 is 13.2 Å². The van der Waals surface area contributed by atoms with E-state index in [1.54, 1.807) is 0 Å². The van der Waals surface area contributed by atoms with Crippen molar-refractivity contribution >= 4 is 5.69 Å². The Morgan fingerprint density at radius 1 is 0.905 bits per heavy atom. The van der Waals surface area contributed by atoms with E-state index in [0.29, 0.717) is 5.92 Å². The first-order chi connectivity index (χ1) is 10.1. The molecule has 2 atom stereocenters. The minimum absolute atomic E-state index is 0.00301. The molecule has 0 radical (unpaired) electrons. The quantitative estimate of drug-likeness (QED) is 0.754. The summed E-state index contributed by atoms with van der Waals surface area (Å²) in [5.74, 6) is -3.31. The van der Waals surface area contributed by atoms with Crippen molar-refractivity contribution in [2.24, 2.45) is 0 Å². The van der Waals surface area contributed by atoms with Crippen LogP contribution < -0.4 is 5.32 Å². The van der Waals surface area contributed by atoms with Gasteiger partial charge in [0.25, 0.3) is 0 Å². The highest BCUT2D eigenvalue weighted by atomic mass is 19.2. The smallest absolute Gasteiger partial charge is 0.196 e. The SMILES string of the molecule is CC1CCC(Nc2ccc(F)c(F)c2F)c2ccccc21. The van der Waals surface area contributed by atoms with Crippen LogP contribution in [0.4, 0.5) is 18.9 Å². The second-order valence-electron chi connectivity index (χ2n) is 5.53. The van der Waals surface area contributed by atoms with Gasteiger partial charge in [-0.15, -0.1) is 0 Å². The number of hydrogen-bond donors (Lipinski definition) is 1. The lowest BCUT2D eigenvalue weighted by Gasteiger charge is -2.31. The molecule has 0 fully saturated rings. The zero-order valence-corrected chi connectivity index (χ0v) is 11.7. The van der Waals surface area contributed by atoms with Crippen molar-refractivity contribution in [3.63, 3.8) is 0 Å². The third-order valence-corrected chi connectivity index (χ3v) is 4.16. The molecular weight excluding hydrogens is 275 g/mol. The standard InChI is InChI=1S/C17H16F3N/c1-10-6-8-14(12-5-3-2-4-11(10)12)21-15-9-7-13(18)16(19)17(15)20/h2-5,7,9-10,14,21H,6,8H2,1H3. The lowest BCUT2D eigenvalue weighted by molar-refractivity contribution is 0.447. The summed E-state index contributed by atoms with van der Waals surface area (Å²) in [5.41, 5.74) is 2.33. The molecule has 1 aliphatic rings. The van der Waals surface area contributed by atoms with Crippen molar-refractivity contribution in [1.82, 2.24) is 0 Å². The van der Waals surface area contributed by atoms with Gasteiger partial charge < -0.3 is 5.32 Å². The van der Waals surface area contributed by atoms with E-state index in [1.165, 1.54) is 11.6 Å². The Morgan fingerprint density at radius 2 is 1.62 bits per heavy atom. The van der Waals surface area contributed by atoms with Crippen LogP contribution in [0.3, 0.4) is 0 Å². The molecular formula is C17H16F3N. The van der Waals surface area contributed by atoms with Gasteiger partial charge in [-0.1, -0.05) is 31.2 Å². The van der Waals surface area contributed by atoms with Crippen LogP contribution in [0.1, 0.15) is 42.9 Å². The molecule has 2 aromatic carbocycles. The van der Waals surface area contributed by atoms with Gasteiger partial charge in [0, 0.05) is 0 Å². The Bertz CT molecular complexity index is 669. The van der Waals surface area contributed by atoms with Gasteiger partial charge in [-0.2, -0.15) is 0 Å². The molecule has 0 saturated heterocycles. The van der Waals surface area contributed by atoms with Gasteiger partial charge >= 0.3 is 0 Å². The van der Waals surface area contributed by atoms with Gasteiger partial charge in [-0.25, -0.2) is 13.2 Å². The maximum Gasteiger partial charge on any atom is 0.196 e. The molecule has 0 amide bonds. The zero-order chi connectivity index (χ0) is 15.0. The molecule has 4 heteroatoms. The molecule has 3 rings (SSSR count). The molecule has 1 nitrogen and oxygen atoms in total. The predicted octanol–water partition coefficient (Wildman–Crippen LogP) is 5.15. The minimum atomic E-state index is -1.43. The van der Waals surface area contributed by atoms with Crippen LogP contribution >= 0.6 is 0 Å². The van der Waals surface area contributed by atoms with Crippen molar-refractivity contribution in [1.29, 1.82) is 0 Å². The van der Waals surface area contributed by atoms with Gasteiger partial charge in [0.2, 0.25) is 0 Å². The summed E-state index contributed by atoms with van der Waals surface area (Å²) in [5, 5.41) is 3.01. The fourth-order valence-corrected chi connectivity index (χ4v) is 2.98. The largest absolute Gasteiger partial charge is 0.376 e. The first-order valence-electron chi connectivity index (χ1n) is 7.06. The molecule has 110 valence electrons. The molecule has 0 aliphatic heterocycles. The molecule has 2 unspecified atom stereocenters. The molecule has 1 N–H and O–H groups in total. The van der Waals surface area contributed by atoms with E-state index >= 15 is 0 Å². The topological polar surface area (TPSA) is 12.0 Å². The number of hydrogen-bond acceptors (Lipinski definition) is 1. The van der Waals surface area contributed by atoms with E-state index < -0.39 is 17.5 Å². The molecule has 0 saturated carbocycles. The van der Waals surface area contributed by atoms with E-state index in [9.17, 15) is 13.2 Å². The molecule has 0 heterocycles. The lowest BCUT2D eigenvalue weighted by atomic mass is 9.81. The van der Waals surface area contributed by atoms with E-state index in [0.717, 1.165) is 24.5 Å². The maximum atomic E-state index is 13.8. The van der Waals surface area contributed by atoms with Crippen LogP contribution in [0.5, 0.6) is 0 Å². The van der Waals surface area contributed by atoms with Gasteiger partial charge in [-0.05, 0) is 42.0 Å². The number of rotatable bonds is 2. The first kappa shape index (κ1) is 14.0. The lowest BCUT2D eigenvalue weighted by Crippen LogP contribution is -2.20. The van der Waals surface area contributed by atoms with Crippen LogP contribution in [-0.4, -0.2) is 0 Å². The Labute approximate surface area is 121 Å². The Balaban J connectivity index is 1.93. The second kappa shape index (κ2) is 5.43. The highest BCUT2D eigenvalue weighted by Gasteiger charge is 2.25. The summed E-state index contributed by atoms with van der Waals surface area (Å²) in [4.78, 5) is 0. The van der Waals surface area contributed by atoms with Crippen molar-refractivity contribution in [2.75, 3.05) is 5.32 Å². The summed E-state index contributed by atoms with van der Waals surface area (Å²) in [7, 11) is 0. The van der Waals surface area contributed by atoms with Gasteiger partial charge in [0.15, 0.2) is 17.5 Å². The third kappa shape index (κ3) is 2.50. The van der Waals surface area contributed by atoms with Gasteiger partial charge in [-0.3, -0.25) is 0 Å². The summed E-state index contributed by atoms with van der Waals surface area (Å²) in [6.45, 7) is 2.16. The van der Waals surface area contributed by atoms with Crippen LogP contribution in [0.25, 0.3) is 0 Å². The van der Waals surface area contributed by atoms with E-state index in [4.69, 9.17) is 0 Å². The van der Waals surface area contributed by atoms with Crippen LogP contribution in [-0.2, 0) is 0 Å². The predicted molar refractivity (Wildman–Crippen MR) is 76.8 cm³/mol. The second-order valence-corrected chi connectivity index (χ2v) is 5.53. The van der Waals surface area contributed by atoms with Gasteiger partial charge in [0.1, 0.15) is 0 Å². The van der Waals surface area contributed by atoms with Crippen molar-refractivity contribution in [3.8, 4) is 0 Å². The number of benzene rings is 2. The summed E-state index contributed by atoms with van der Waals surface area (Å²) in [6, 6.07) is 10.1. The first-order valence-corrected chi connectivity index (χ1v) is 7.06.